The first-order chi connectivity index (χ1) is 10.7. The molecule has 4 nitrogen and oxygen atoms in total. The Labute approximate surface area is 160 Å². The van der Waals surface area contributed by atoms with E-state index in [4.69, 9.17) is 11.6 Å². The third kappa shape index (κ3) is 3.98. The van der Waals surface area contributed by atoms with Crippen molar-refractivity contribution in [3.8, 4) is 6.07 Å². The molecule has 124 valence electrons. The van der Waals surface area contributed by atoms with Crippen molar-refractivity contribution in [1.29, 1.82) is 5.26 Å². The SMILES string of the molecule is CC1CCCN1c1nc(C#N)nc(Cl)c1/C(Br)=C(\Br)[Si](C)(C)C. The van der Waals surface area contributed by atoms with Gasteiger partial charge in [-0.25, -0.2) is 9.97 Å². The maximum Gasteiger partial charge on any atom is 0.235 e. The van der Waals surface area contributed by atoms with Crippen LogP contribution in [0.5, 0.6) is 0 Å². The lowest BCUT2D eigenvalue weighted by Crippen LogP contribution is -2.29. The number of hydrogen-bond donors (Lipinski definition) is 0. The van der Waals surface area contributed by atoms with Gasteiger partial charge in [-0.3, -0.25) is 0 Å². The summed E-state index contributed by atoms with van der Waals surface area (Å²) in [6.45, 7) is 9.82. The monoisotopic (exact) mass is 476 g/mol. The van der Waals surface area contributed by atoms with Crippen LogP contribution in [0.15, 0.2) is 4.11 Å². The van der Waals surface area contributed by atoms with Gasteiger partial charge in [-0.1, -0.05) is 47.2 Å². The van der Waals surface area contributed by atoms with E-state index in [1.54, 1.807) is 0 Å². The smallest absolute Gasteiger partial charge is 0.235 e. The minimum absolute atomic E-state index is 0.109. The quantitative estimate of drug-likeness (QED) is 0.435. The summed E-state index contributed by atoms with van der Waals surface area (Å²) >= 11 is 13.9. The number of hydrogen-bond acceptors (Lipinski definition) is 4. The van der Waals surface area contributed by atoms with E-state index < -0.39 is 8.07 Å². The average Bonchev–Trinajstić information content (AvgIpc) is 2.89. The standard InChI is InChI=1S/C15H19Br2ClN4Si/c1-9-6-5-7-22(9)15-11(12(16)13(17)23(2,3)4)14(18)20-10(8-19)21-15/h9H,5-7H2,1-4H3/b13-12-. The highest BCUT2D eigenvalue weighted by Crippen LogP contribution is 2.42. The van der Waals surface area contributed by atoms with Gasteiger partial charge in [0.15, 0.2) is 0 Å². The Kier molecular flexibility index (Phi) is 5.93. The van der Waals surface area contributed by atoms with Gasteiger partial charge in [0.25, 0.3) is 0 Å². The topological polar surface area (TPSA) is 52.8 Å². The third-order valence-electron chi connectivity index (χ3n) is 3.84. The molecule has 0 spiro atoms. The number of aromatic nitrogens is 2. The normalized spacial score (nSPS) is 19.6. The summed E-state index contributed by atoms with van der Waals surface area (Å²) in [6, 6.07) is 2.38. The Morgan fingerprint density at radius 3 is 2.48 bits per heavy atom. The highest BCUT2D eigenvalue weighted by molar-refractivity contribution is 9.17. The average molecular weight is 479 g/mol. The molecule has 1 unspecified atom stereocenters. The van der Waals surface area contributed by atoms with Gasteiger partial charge in [0.2, 0.25) is 5.82 Å². The van der Waals surface area contributed by atoms with Crippen LogP contribution < -0.4 is 4.90 Å². The predicted molar refractivity (Wildman–Crippen MR) is 106 cm³/mol. The van der Waals surface area contributed by atoms with Crippen LogP contribution in [0.4, 0.5) is 5.82 Å². The summed E-state index contributed by atoms with van der Waals surface area (Å²) in [5.41, 5.74) is 0.772. The Morgan fingerprint density at radius 2 is 2.00 bits per heavy atom. The van der Waals surface area contributed by atoms with Crippen molar-refractivity contribution in [2.75, 3.05) is 11.4 Å². The van der Waals surface area contributed by atoms with Crippen molar-refractivity contribution in [3.63, 3.8) is 0 Å². The predicted octanol–water partition coefficient (Wildman–Crippen LogP) is 5.33. The van der Waals surface area contributed by atoms with Gasteiger partial charge in [-0.05, 0) is 39.8 Å². The molecular formula is C15H19Br2ClN4Si. The number of nitriles is 1. The fraction of sp³-hybridized carbons (Fsp3) is 0.533. The molecule has 0 bridgehead atoms. The molecule has 1 fully saturated rings. The molecule has 1 atom stereocenters. The van der Waals surface area contributed by atoms with Crippen LogP contribution in [0.25, 0.3) is 4.48 Å². The second kappa shape index (κ2) is 7.22. The summed E-state index contributed by atoms with van der Waals surface area (Å²) in [4.78, 5) is 10.8. The minimum Gasteiger partial charge on any atom is -0.353 e. The number of anilines is 1. The van der Waals surface area contributed by atoms with Crippen LogP contribution in [0.1, 0.15) is 31.2 Å². The first-order valence-corrected chi connectivity index (χ1v) is 12.9. The molecule has 0 saturated carbocycles. The Hall–Kier alpha value is -0.423. The zero-order chi connectivity index (χ0) is 17.4. The van der Waals surface area contributed by atoms with E-state index in [0.29, 0.717) is 11.2 Å². The molecule has 0 aliphatic carbocycles. The highest BCUT2D eigenvalue weighted by Gasteiger charge is 2.30. The van der Waals surface area contributed by atoms with Gasteiger partial charge in [0.05, 0.1) is 13.6 Å². The van der Waals surface area contributed by atoms with Crippen LogP contribution >= 0.6 is 43.5 Å². The lowest BCUT2D eigenvalue weighted by atomic mass is 10.2. The van der Waals surface area contributed by atoms with Gasteiger partial charge in [0.1, 0.15) is 17.0 Å². The lowest BCUT2D eigenvalue weighted by molar-refractivity contribution is 0.724. The summed E-state index contributed by atoms with van der Waals surface area (Å²) in [6.07, 6.45) is 2.22. The van der Waals surface area contributed by atoms with E-state index in [-0.39, 0.29) is 5.82 Å². The highest BCUT2D eigenvalue weighted by atomic mass is 79.9. The maximum absolute atomic E-state index is 9.18. The van der Waals surface area contributed by atoms with Crippen molar-refractivity contribution in [2.24, 2.45) is 0 Å². The van der Waals surface area contributed by atoms with Crippen LogP contribution in [0, 0.1) is 11.3 Å². The van der Waals surface area contributed by atoms with E-state index in [2.05, 4.69) is 73.3 Å². The molecular weight excluding hydrogens is 460 g/mol. The molecule has 2 heterocycles. The van der Waals surface area contributed by atoms with Crippen LogP contribution in [0.2, 0.25) is 24.8 Å². The van der Waals surface area contributed by atoms with Crippen molar-refractivity contribution in [2.45, 2.75) is 45.4 Å². The molecule has 0 radical (unpaired) electrons. The van der Waals surface area contributed by atoms with E-state index in [1.807, 2.05) is 6.07 Å². The maximum atomic E-state index is 9.18. The van der Waals surface area contributed by atoms with Crippen molar-refractivity contribution < 1.29 is 0 Å². The summed E-state index contributed by atoms with van der Waals surface area (Å²) in [5.74, 6) is 0.853. The molecule has 0 amide bonds. The zero-order valence-electron chi connectivity index (χ0n) is 13.6. The van der Waals surface area contributed by atoms with E-state index in [0.717, 1.165) is 39.4 Å². The molecule has 1 aromatic heterocycles. The van der Waals surface area contributed by atoms with E-state index >= 15 is 0 Å². The van der Waals surface area contributed by atoms with Crippen molar-refractivity contribution >= 4 is 61.8 Å². The molecule has 1 aliphatic heterocycles. The second-order valence-corrected chi connectivity index (χ2v) is 14.4. The van der Waals surface area contributed by atoms with Gasteiger partial charge < -0.3 is 4.90 Å². The minimum atomic E-state index is -1.58. The second-order valence-electron chi connectivity index (χ2n) is 6.71. The lowest BCUT2D eigenvalue weighted by Gasteiger charge is -2.26. The number of rotatable bonds is 3. The first kappa shape index (κ1) is 18.9. The zero-order valence-corrected chi connectivity index (χ0v) is 18.5. The summed E-state index contributed by atoms with van der Waals surface area (Å²) < 4.78 is 2.01. The van der Waals surface area contributed by atoms with Gasteiger partial charge in [-0.15, -0.1) is 0 Å². The first-order valence-electron chi connectivity index (χ1n) is 7.47. The molecule has 1 aromatic rings. The summed E-state index contributed by atoms with van der Waals surface area (Å²) in [5, 5.41) is 9.50. The molecule has 1 saturated heterocycles. The molecule has 2 rings (SSSR count). The fourth-order valence-electron chi connectivity index (χ4n) is 2.56. The third-order valence-corrected chi connectivity index (χ3v) is 11.3. The largest absolute Gasteiger partial charge is 0.353 e. The Bertz CT molecular complexity index is 694. The fourth-order valence-corrected chi connectivity index (χ4v) is 6.06. The van der Waals surface area contributed by atoms with Crippen molar-refractivity contribution in [1.82, 2.24) is 9.97 Å². The number of halogens is 3. The van der Waals surface area contributed by atoms with Gasteiger partial charge >= 0.3 is 0 Å². The summed E-state index contributed by atoms with van der Waals surface area (Å²) in [7, 11) is -1.58. The molecule has 8 heteroatoms. The Balaban J connectivity index is 2.70. The Morgan fingerprint density at radius 1 is 1.35 bits per heavy atom. The number of nitrogens with zero attached hydrogens (tertiary/aromatic N) is 4. The van der Waals surface area contributed by atoms with Crippen LogP contribution in [-0.2, 0) is 0 Å². The van der Waals surface area contributed by atoms with Crippen LogP contribution in [0.3, 0.4) is 0 Å². The molecule has 1 aliphatic rings. The molecule has 0 N–H and O–H groups in total. The van der Waals surface area contributed by atoms with Crippen LogP contribution in [-0.4, -0.2) is 30.6 Å². The van der Waals surface area contributed by atoms with Gasteiger partial charge in [0, 0.05) is 17.1 Å². The van der Waals surface area contributed by atoms with E-state index in [1.165, 1.54) is 0 Å². The van der Waals surface area contributed by atoms with Crippen molar-refractivity contribution in [3.05, 3.63) is 20.6 Å². The van der Waals surface area contributed by atoms with E-state index in [9.17, 15) is 5.26 Å². The molecule has 0 aromatic carbocycles. The van der Waals surface area contributed by atoms with Gasteiger partial charge in [-0.2, -0.15) is 5.26 Å². The molecule has 23 heavy (non-hydrogen) atoms.